The molecule has 2 heterocycles. The summed E-state index contributed by atoms with van der Waals surface area (Å²) in [6, 6.07) is 5.04. The van der Waals surface area contributed by atoms with E-state index in [9.17, 15) is 14.7 Å². The van der Waals surface area contributed by atoms with Crippen LogP contribution in [0.5, 0.6) is 0 Å². The summed E-state index contributed by atoms with van der Waals surface area (Å²) < 4.78 is 2.70. The van der Waals surface area contributed by atoms with Crippen molar-refractivity contribution in [1.29, 1.82) is 0 Å². The molecule has 0 bridgehead atoms. The molecule has 2 fully saturated rings. The number of β-amino-alcohol motifs (C(OH)–C–C–N with tert-alkyl or cyclic N) is 1. The van der Waals surface area contributed by atoms with Gasteiger partial charge >= 0.3 is 0 Å². The average Bonchev–Trinajstić information content (AvgIpc) is 3.46. The summed E-state index contributed by atoms with van der Waals surface area (Å²) in [5.41, 5.74) is 3.05. The number of carbonyl (C=O) groups is 2. The van der Waals surface area contributed by atoms with Crippen molar-refractivity contribution in [3.63, 3.8) is 0 Å². The second kappa shape index (κ2) is 9.89. The number of nitrogens with one attached hydrogen (secondary N) is 1. The fraction of sp³-hybridized carbons (Fsp3) is 0.630. The number of benzene rings is 1. The molecule has 0 spiro atoms. The molecule has 1 aromatic carbocycles. The molecule has 8 nitrogen and oxygen atoms in total. The van der Waals surface area contributed by atoms with Crippen molar-refractivity contribution < 1.29 is 14.7 Å². The van der Waals surface area contributed by atoms with Crippen molar-refractivity contribution in [3.8, 4) is 0 Å². The Bertz CT molecular complexity index is 1140. The largest absolute Gasteiger partial charge is 0.391 e. The predicted molar refractivity (Wildman–Crippen MR) is 139 cm³/mol. The Hall–Kier alpha value is -2.26. The molecule has 2 amide bonds. The van der Waals surface area contributed by atoms with Gasteiger partial charge in [-0.25, -0.2) is 4.68 Å². The Morgan fingerprint density at radius 3 is 2.69 bits per heavy atom. The van der Waals surface area contributed by atoms with Gasteiger partial charge in [-0.2, -0.15) is 0 Å². The number of aryl methyl sites for hydroxylation is 1. The van der Waals surface area contributed by atoms with Gasteiger partial charge in [-0.1, -0.05) is 48.0 Å². The summed E-state index contributed by atoms with van der Waals surface area (Å²) in [6.45, 7) is 6.14. The Kier molecular flexibility index (Phi) is 6.98. The molecular weight excluding hydrogens is 522 g/mol. The highest BCUT2D eigenvalue weighted by Gasteiger charge is 2.45. The van der Waals surface area contributed by atoms with Gasteiger partial charge in [0.15, 0.2) is 0 Å². The van der Waals surface area contributed by atoms with Crippen molar-refractivity contribution >= 4 is 27.7 Å². The minimum absolute atomic E-state index is 0.00225. The number of fused-ring (bicyclic) bond motifs is 1. The molecule has 2 N–H and O–H groups in total. The van der Waals surface area contributed by atoms with E-state index in [2.05, 4.69) is 49.8 Å². The molecule has 1 saturated carbocycles. The molecule has 1 unspecified atom stereocenters. The topological polar surface area (TPSA) is 100 Å². The third-order valence-corrected chi connectivity index (χ3v) is 8.18. The molecule has 1 aromatic heterocycles. The van der Waals surface area contributed by atoms with Crippen LogP contribution < -0.4 is 5.32 Å². The average molecular weight is 559 g/mol. The number of hydrogen-bond acceptors (Lipinski definition) is 5. The van der Waals surface area contributed by atoms with E-state index in [1.807, 2.05) is 27.0 Å². The molecule has 1 aliphatic heterocycles. The number of aromatic nitrogens is 3. The molecule has 3 aliphatic rings. The predicted octanol–water partition coefficient (Wildman–Crippen LogP) is 3.53. The first-order valence-corrected chi connectivity index (χ1v) is 13.9. The van der Waals surface area contributed by atoms with E-state index >= 15 is 0 Å². The summed E-state index contributed by atoms with van der Waals surface area (Å²) in [6.07, 6.45) is 7.25. The Morgan fingerprint density at radius 2 is 1.97 bits per heavy atom. The standard InChI is InChI=1S/C27H36BrN5O3/c1-27(2,3)24(33-15-22(30-31-33)17-7-8-17)26(36)32-14-21(34)13-23(32)25(35)29-20-6-4-5-16-9-10-19(28)11-18(16)12-20/h9-11,15,17,20-21,23-24,34H,4-8,12-14H2,1-3H3,(H,29,35)/t20?,21-,23+,24+/m1/s1. The quantitative estimate of drug-likeness (QED) is 0.547. The van der Waals surface area contributed by atoms with Crippen LogP contribution in [0.4, 0.5) is 0 Å². The zero-order valence-electron chi connectivity index (χ0n) is 21.3. The molecule has 194 valence electrons. The summed E-state index contributed by atoms with van der Waals surface area (Å²) in [5.74, 6) is 0.0572. The van der Waals surface area contributed by atoms with E-state index in [1.165, 1.54) is 11.1 Å². The van der Waals surface area contributed by atoms with Crippen LogP contribution in [-0.2, 0) is 22.4 Å². The van der Waals surface area contributed by atoms with Crippen LogP contribution in [0, 0.1) is 5.41 Å². The van der Waals surface area contributed by atoms with E-state index in [1.54, 1.807) is 9.58 Å². The fourth-order valence-corrected chi connectivity index (χ4v) is 6.09. The Labute approximate surface area is 220 Å². The van der Waals surface area contributed by atoms with Crippen LogP contribution in [0.1, 0.15) is 81.7 Å². The van der Waals surface area contributed by atoms with Gasteiger partial charge in [-0.15, -0.1) is 5.10 Å². The number of halogens is 1. The van der Waals surface area contributed by atoms with Gasteiger partial charge in [-0.3, -0.25) is 9.59 Å². The van der Waals surface area contributed by atoms with E-state index in [4.69, 9.17) is 0 Å². The van der Waals surface area contributed by atoms with E-state index in [0.717, 1.165) is 48.7 Å². The zero-order chi connectivity index (χ0) is 25.6. The monoisotopic (exact) mass is 557 g/mol. The molecule has 9 heteroatoms. The highest BCUT2D eigenvalue weighted by Crippen LogP contribution is 2.40. The Balaban J connectivity index is 1.33. The number of hydrogen-bond donors (Lipinski definition) is 2. The van der Waals surface area contributed by atoms with E-state index in [0.29, 0.717) is 5.92 Å². The van der Waals surface area contributed by atoms with Crippen LogP contribution >= 0.6 is 15.9 Å². The molecule has 36 heavy (non-hydrogen) atoms. The van der Waals surface area contributed by atoms with Gasteiger partial charge in [0.05, 0.1) is 11.8 Å². The molecule has 2 aromatic rings. The fourth-order valence-electron chi connectivity index (χ4n) is 5.68. The first kappa shape index (κ1) is 25.4. The second-order valence-corrected chi connectivity index (χ2v) is 12.7. The smallest absolute Gasteiger partial charge is 0.248 e. The van der Waals surface area contributed by atoms with Crippen molar-refractivity contribution in [2.45, 2.75) is 95.9 Å². The number of likely N-dealkylation sites (tertiary alicyclic amines) is 1. The number of rotatable bonds is 5. The van der Waals surface area contributed by atoms with Crippen LogP contribution in [-0.4, -0.2) is 61.5 Å². The maximum Gasteiger partial charge on any atom is 0.248 e. The molecular formula is C27H36BrN5O3. The summed E-state index contributed by atoms with van der Waals surface area (Å²) in [5, 5.41) is 22.3. The number of aliphatic hydroxyl groups excluding tert-OH is 1. The van der Waals surface area contributed by atoms with Gasteiger partial charge in [0.25, 0.3) is 0 Å². The second-order valence-electron chi connectivity index (χ2n) is 11.8. The van der Waals surface area contributed by atoms with Gasteiger partial charge in [0, 0.05) is 35.6 Å². The highest BCUT2D eigenvalue weighted by molar-refractivity contribution is 9.10. The van der Waals surface area contributed by atoms with E-state index in [-0.39, 0.29) is 30.8 Å². The lowest BCUT2D eigenvalue weighted by Gasteiger charge is -2.35. The van der Waals surface area contributed by atoms with Crippen LogP contribution in [0.15, 0.2) is 28.9 Å². The highest BCUT2D eigenvalue weighted by atomic mass is 79.9. The molecule has 2 aliphatic carbocycles. The number of aliphatic hydroxyl groups is 1. The van der Waals surface area contributed by atoms with Crippen LogP contribution in [0.2, 0.25) is 0 Å². The van der Waals surface area contributed by atoms with Crippen molar-refractivity contribution in [3.05, 3.63) is 45.7 Å². The van der Waals surface area contributed by atoms with Gasteiger partial charge < -0.3 is 15.3 Å². The minimum atomic E-state index is -0.728. The normalized spacial score (nSPS) is 25.2. The van der Waals surface area contributed by atoms with Crippen molar-refractivity contribution in [2.75, 3.05) is 6.54 Å². The van der Waals surface area contributed by atoms with Gasteiger partial charge in [0.1, 0.15) is 12.1 Å². The number of nitrogens with zero attached hydrogens (tertiary/aromatic N) is 4. The maximum absolute atomic E-state index is 13.9. The maximum atomic E-state index is 13.9. The lowest BCUT2D eigenvalue weighted by Crippen LogP contribution is -2.52. The summed E-state index contributed by atoms with van der Waals surface area (Å²) >= 11 is 3.56. The Morgan fingerprint density at radius 1 is 1.19 bits per heavy atom. The number of carbonyl (C=O) groups excluding carboxylic acids is 2. The molecule has 0 radical (unpaired) electrons. The molecule has 1 saturated heterocycles. The molecule has 4 atom stereocenters. The third kappa shape index (κ3) is 5.37. The van der Waals surface area contributed by atoms with E-state index < -0.39 is 23.6 Å². The SMILES string of the molecule is CC(C)(C)[C@H](C(=O)N1C[C@H](O)C[C@H]1C(=O)NC1CCCc2ccc(Br)cc2C1)n1cc(C2CC2)nn1. The zero-order valence-corrected chi connectivity index (χ0v) is 22.9. The lowest BCUT2D eigenvalue weighted by molar-refractivity contribution is -0.144. The lowest BCUT2D eigenvalue weighted by atomic mass is 9.85. The van der Waals surface area contributed by atoms with Gasteiger partial charge in [-0.05, 0) is 67.2 Å². The molecule has 5 rings (SSSR count). The van der Waals surface area contributed by atoms with Crippen molar-refractivity contribution in [1.82, 2.24) is 25.2 Å². The van der Waals surface area contributed by atoms with Crippen LogP contribution in [0.25, 0.3) is 0 Å². The number of amides is 2. The first-order valence-electron chi connectivity index (χ1n) is 13.1. The van der Waals surface area contributed by atoms with Gasteiger partial charge in [0.2, 0.25) is 11.8 Å². The summed E-state index contributed by atoms with van der Waals surface area (Å²) in [7, 11) is 0. The van der Waals surface area contributed by atoms with Crippen LogP contribution in [0.3, 0.4) is 0 Å². The minimum Gasteiger partial charge on any atom is -0.391 e. The summed E-state index contributed by atoms with van der Waals surface area (Å²) in [4.78, 5) is 29.0. The first-order chi connectivity index (χ1) is 17.1. The third-order valence-electron chi connectivity index (χ3n) is 7.69. The van der Waals surface area contributed by atoms with Crippen molar-refractivity contribution in [2.24, 2.45) is 5.41 Å².